The van der Waals surface area contributed by atoms with Crippen molar-refractivity contribution in [1.29, 1.82) is 0 Å². The molecule has 1 fully saturated rings. The first-order valence-electron chi connectivity index (χ1n) is 8.09. The zero-order valence-electron chi connectivity index (χ0n) is 14.0. The lowest BCUT2D eigenvalue weighted by atomic mass is 10.1. The molecule has 0 aromatic rings. The highest BCUT2D eigenvalue weighted by Crippen LogP contribution is 2.17. The van der Waals surface area contributed by atoms with Crippen LogP contribution in [0.15, 0.2) is 0 Å². The van der Waals surface area contributed by atoms with Crippen LogP contribution in [0.3, 0.4) is 0 Å². The highest BCUT2D eigenvalue weighted by molar-refractivity contribution is 5.68. The highest BCUT2D eigenvalue weighted by atomic mass is 16.6. The monoisotopic (exact) mass is 301 g/mol. The van der Waals surface area contributed by atoms with Crippen LogP contribution in [0, 0.1) is 0 Å². The Morgan fingerprint density at radius 1 is 1.14 bits per heavy atom. The maximum absolute atomic E-state index is 11.9. The number of ether oxygens (including phenoxy) is 3. The fourth-order valence-electron chi connectivity index (χ4n) is 2.15. The Labute approximate surface area is 128 Å². The summed E-state index contributed by atoms with van der Waals surface area (Å²) >= 11 is 0. The van der Waals surface area contributed by atoms with E-state index in [0.29, 0.717) is 26.3 Å². The predicted octanol–water partition coefficient (Wildman–Crippen LogP) is 3.22. The van der Waals surface area contributed by atoms with Gasteiger partial charge in [-0.05, 0) is 40.0 Å². The van der Waals surface area contributed by atoms with E-state index in [9.17, 15) is 4.79 Å². The number of nitrogens with zero attached hydrogens (tertiary/aromatic N) is 1. The van der Waals surface area contributed by atoms with E-state index in [0.717, 1.165) is 32.3 Å². The highest BCUT2D eigenvalue weighted by Gasteiger charge is 2.26. The van der Waals surface area contributed by atoms with Gasteiger partial charge in [0.1, 0.15) is 5.60 Å². The molecule has 0 N–H and O–H groups in total. The van der Waals surface area contributed by atoms with Crippen molar-refractivity contribution in [2.45, 2.75) is 65.1 Å². The summed E-state index contributed by atoms with van der Waals surface area (Å²) in [6.07, 6.45) is 4.02. The van der Waals surface area contributed by atoms with E-state index in [1.54, 1.807) is 4.90 Å². The Kier molecular flexibility index (Phi) is 8.04. The minimum atomic E-state index is -0.430. The molecule has 0 bridgehead atoms. The van der Waals surface area contributed by atoms with Crippen molar-refractivity contribution >= 4 is 6.09 Å². The van der Waals surface area contributed by atoms with Crippen LogP contribution in [0.25, 0.3) is 0 Å². The second-order valence-corrected chi connectivity index (χ2v) is 6.50. The second-order valence-electron chi connectivity index (χ2n) is 6.50. The third-order valence-electron chi connectivity index (χ3n) is 3.32. The van der Waals surface area contributed by atoms with Crippen molar-refractivity contribution in [1.82, 2.24) is 4.90 Å². The molecular weight excluding hydrogens is 270 g/mol. The Bertz CT molecular complexity index is 293. The van der Waals surface area contributed by atoms with Crippen LogP contribution >= 0.6 is 0 Å². The largest absolute Gasteiger partial charge is 0.444 e. The van der Waals surface area contributed by atoms with Crippen molar-refractivity contribution in [3.05, 3.63) is 0 Å². The van der Waals surface area contributed by atoms with Gasteiger partial charge in [0, 0.05) is 19.7 Å². The molecule has 0 spiro atoms. The van der Waals surface area contributed by atoms with Crippen LogP contribution < -0.4 is 0 Å². The average Bonchev–Trinajstić information content (AvgIpc) is 2.41. The number of carbonyl (C=O) groups excluding carboxylic acids is 1. The molecule has 5 nitrogen and oxygen atoms in total. The molecule has 0 aromatic heterocycles. The van der Waals surface area contributed by atoms with Crippen LogP contribution in [0.5, 0.6) is 0 Å². The number of piperidine rings is 1. The lowest BCUT2D eigenvalue weighted by Gasteiger charge is -2.33. The van der Waals surface area contributed by atoms with Gasteiger partial charge in [-0.25, -0.2) is 4.79 Å². The molecule has 0 atom stereocenters. The smallest absolute Gasteiger partial charge is 0.410 e. The molecule has 5 heteroatoms. The minimum Gasteiger partial charge on any atom is -0.444 e. The van der Waals surface area contributed by atoms with E-state index < -0.39 is 5.60 Å². The van der Waals surface area contributed by atoms with Crippen molar-refractivity contribution in [2.75, 3.05) is 32.9 Å². The Hall–Kier alpha value is -0.810. The van der Waals surface area contributed by atoms with E-state index in [4.69, 9.17) is 14.2 Å². The van der Waals surface area contributed by atoms with Crippen LogP contribution in [0.1, 0.15) is 53.4 Å². The van der Waals surface area contributed by atoms with Crippen LogP contribution in [0.2, 0.25) is 0 Å². The predicted molar refractivity (Wildman–Crippen MR) is 82.5 cm³/mol. The van der Waals surface area contributed by atoms with E-state index in [2.05, 4.69) is 6.92 Å². The van der Waals surface area contributed by atoms with E-state index in [-0.39, 0.29) is 12.2 Å². The topological polar surface area (TPSA) is 48.0 Å². The Balaban J connectivity index is 2.10. The summed E-state index contributed by atoms with van der Waals surface area (Å²) in [4.78, 5) is 13.7. The molecule has 0 saturated carbocycles. The maximum Gasteiger partial charge on any atom is 0.410 e. The molecule has 1 saturated heterocycles. The van der Waals surface area contributed by atoms with Gasteiger partial charge in [0.15, 0.2) is 0 Å². The number of hydrogen-bond acceptors (Lipinski definition) is 4. The Morgan fingerprint density at radius 2 is 1.81 bits per heavy atom. The van der Waals surface area contributed by atoms with Gasteiger partial charge in [-0.2, -0.15) is 0 Å². The van der Waals surface area contributed by atoms with Crippen LogP contribution in [0.4, 0.5) is 4.79 Å². The van der Waals surface area contributed by atoms with Crippen molar-refractivity contribution in [3.63, 3.8) is 0 Å². The first kappa shape index (κ1) is 18.2. The van der Waals surface area contributed by atoms with E-state index in [1.807, 2.05) is 20.8 Å². The number of likely N-dealkylation sites (tertiary alicyclic amines) is 1. The van der Waals surface area contributed by atoms with Gasteiger partial charge in [0.2, 0.25) is 0 Å². The zero-order chi connectivity index (χ0) is 15.7. The minimum absolute atomic E-state index is 0.219. The molecule has 124 valence electrons. The SMILES string of the molecule is CCCCOCCOC1CCN(C(=O)OC(C)(C)C)CC1. The van der Waals surface area contributed by atoms with Crippen LogP contribution in [-0.2, 0) is 14.2 Å². The summed E-state index contributed by atoms with van der Waals surface area (Å²) < 4.78 is 16.6. The number of carbonyl (C=O) groups is 1. The molecule has 0 radical (unpaired) electrons. The molecule has 1 aliphatic heterocycles. The lowest BCUT2D eigenvalue weighted by Crippen LogP contribution is -2.43. The first-order chi connectivity index (χ1) is 9.92. The van der Waals surface area contributed by atoms with Gasteiger partial charge in [-0.1, -0.05) is 13.3 Å². The second kappa shape index (κ2) is 9.26. The van der Waals surface area contributed by atoms with Gasteiger partial charge in [0.25, 0.3) is 0 Å². The molecule has 0 aromatic carbocycles. The molecule has 1 amide bonds. The normalized spacial score (nSPS) is 17.0. The quantitative estimate of drug-likeness (QED) is 0.677. The Morgan fingerprint density at radius 3 is 2.38 bits per heavy atom. The van der Waals surface area contributed by atoms with Gasteiger partial charge >= 0.3 is 6.09 Å². The maximum atomic E-state index is 11.9. The number of amides is 1. The first-order valence-corrected chi connectivity index (χ1v) is 8.09. The summed E-state index contributed by atoms with van der Waals surface area (Å²) in [6.45, 7) is 11.3. The molecule has 1 aliphatic rings. The van der Waals surface area contributed by atoms with Crippen molar-refractivity contribution in [2.24, 2.45) is 0 Å². The summed E-state index contributed by atoms with van der Waals surface area (Å²) in [7, 11) is 0. The molecule has 1 heterocycles. The number of hydrogen-bond donors (Lipinski definition) is 0. The van der Waals surface area contributed by atoms with Gasteiger partial charge < -0.3 is 19.1 Å². The standard InChI is InChI=1S/C16H31NO4/c1-5-6-11-19-12-13-20-14-7-9-17(10-8-14)15(18)21-16(2,3)4/h14H,5-13H2,1-4H3. The van der Waals surface area contributed by atoms with E-state index in [1.165, 1.54) is 0 Å². The molecule has 1 rings (SSSR count). The fourth-order valence-corrected chi connectivity index (χ4v) is 2.15. The number of rotatable bonds is 7. The summed E-state index contributed by atoms with van der Waals surface area (Å²) in [6, 6.07) is 0. The van der Waals surface area contributed by atoms with Gasteiger partial charge in [-0.15, -0.1) is 0 Å². The van der Waals surface area contributed by atoms with Crippen molar-refractivity contribution in [3.8, 4) is 0 Å². The summed E-state index contributed by atoms with van der Waals surface area (Å²) in [5, 5.41) is 0. The molecule has 0 unspecified atom stereocenters. The molecule has 21 heavy (non-hydrogen) atoms. The van der Waals surface area contributed by atoms with Crippen molar-refractivity contribution < 1.29 is 19.0 Å². The van der Waals surface area contributed by atoms with Crippen LogP contribution in [-0.4, -0.2) is 55.6 Å². The molecule has 0 aliphatic carbocycles. The van der Waals surface area contributed by atoms with E-state index >= 15 is 0 Å². The molecular formula is C16H31NO4. The van der Waals surface area contributed by atoms with Gasteiger partial charge in [0.05, 0.1) is 19.3 Å². The van der Waals surface area contributed by atoms with Gasteiger partial charge in [-0.3, -0.25) is 0 Å². The fraction of sp³-hybridized carbons (Fsp3) is 0.938. The zero-order valence-corrected chi connectivity index (χ0v) is 14.0. The number of unbranched alkanes of at least 4 members (excludes halogenated alkanes) is 1. The third kappa shape index (κ3) is 8.27. The summed E-state index contributed by atoms with van der Waals surface area (Å²) in [5.74, 6) is 0. The average molecular weight is 301 g/mol. The summed E-state index contributed by atoms with van der Waals surface area (Å²) in [5.41, 5.74) is -0.430. The third-order valence-corrected chi connectivity index (χ3v) is 3.32. The lowest BCUT2D eigenvalue weighted by molar-refractivity contribution is -0.0295.